The van der Waals surface area contributed by atoms with E-state index in [9.17, 15) is 5.11 Å². The molecule has 1 aliphatic rings. The van der Waals surface area contributed by atoms with Gasteiger partial charge in [0.2, 0.25) is 0 Å². The highest BCUT2D eigenvalue weighted by atomic mass is 16.5. The van der Waals surface area contributed by atoms with Gasteiger partial charge in [-0.1, -0.05) is 38.1 Å². The van der Waals surface area contributed by atoms with Crippen LogP contribution in [-0.2, 0) is 19.4 Å². The van der Waals surface area contributed by atoms with E-state index in [0.29, 0.717) is 24.2 Å². The zero-order valence-electron chi connectivity index (χ0n) is 22.8. The van der Waals surface area contributed by atoms with Gasteiger partial charge in [0.1, 0.15) is 23.9 Å². The quantitative estimate of drug-likeness (QED) is 0.284. The number of benzene rings is 3. The summed E-state index contributed by atoms with van der Waals surface area (Å²) < 4.78 is 11.5. The standard InChI is InChI=1S/C32H42N2O3/c1-5-34(22-24-6-12-29(13-7-24)37-17-16-33-21-23(2)3)32-20-30(36-4)14-15-31(32)27-9-8-26-19-28(35)11-10-25(26)18-27/h6-7,10-15,19-20,23,27,33,35H,5,8-9,16-18,21-22H2,1-4H3. The number of nitrogens with one attached hydrogen (secondary N) is 1. The molecule has 3 aromatic rings. The molecule has 0 saturated carbocycles. The van der Waals surface area contributed by atoms with Crippen LogP contribution >= 0.6 is 0 Å². The van der Waals surface area contributed by atoms with Gasteiger partial charge >= 0.3 is 0 Å². The Hall–Kier alpha value is -3.18. The molecule has 1 aliphatic carbocycles. The average molecular weight is 503 g/mol. The van der Waals surface area contributed by atoms with Crippen molar-refractivity contribution < 1.29 is 14.6 Å². The maximum Gasteiger partial charge on any atom is 0.120 e. The number of hydrogen-bond acceptors (Lipinski definition) is 5. The second kappa shape index (κ2) is 12.9. The smallest absolute Gasteiger partial charge is 0.120 e. The lowest BCUT2D eigenvalue weighted by atomic mass is 9.79. The van der Waals surface area contributed by atoms with Crippen LogP contribution in [0, 0.1) is 5.92 Å². The van der Waals surface area contributed by atoms with Crippen LogP contribution in [0.5, 0.6) is 17.2 Å². The molecule has 1 unspecified atom stereocenters. The molecule has 0 heterocycles. The summed E-state index contributed by atoms with van der Waals surface area (Å²) in [5, 5.41) is 13.3. The molecule has 1 atom stereocenters. The third-order valence-electron chi connectivity index (χ3n) is 7.22. The number of phenolic OH excluding ortho intramolecular Hbond substituents is 1. The number of methoxy groups -OCH3 is 1. The molecule has 0 aromatic heterocycles. The molecular weight excluding hydrogens is 460 g/mol. The molecule has 4 rings (SSSR count). The first kappa shape index (κ1) is 26.9. The molecule has 5 heteroatoms. The number of hydrogen-bond donors (Lipinski definition) is 2. The van der Waals surface area contributed by atoms with Crippen molar-refractivity contribution in [2.24, 2.45) is 5.92 Å². The zero-order chi connectivity index (χ0) is 26.2. The van der Waals surface area contributed by atoms with Gasteiger partial charge in [-0.25, -0.2) is 0 Å². The summed E-state index contributed by atoms with van der Waals surface area (Å²) in [5.74, 6) is 3.24. The number of aromatic hydroxyl groups is 1. The van der Waals surface area contributed by atoms with E-state index in [4.69, 9.17) is 9.47 Å². The Morgan fingerprint density at radius 3 is 2.51 bits per heavy atom. The van der Waals surface area contributed by atoms with Crippen molar-refractivity contribution in [3.63, 3.8) is 0 Å². The van der Waals surface area contributed by atoms with Gasteiger partial charge in [-0.05, 0) is 97.2 Å². The van der Waals surface area contributed by atoms with Gasteiger partial charge in [0, 0.05) is 31.4 Å². The minimum Gasteiger partial charge on any atom is -0.508 e. The van der Waals surface area contributed by atoms with E-state index in [2.05, 4.69) is 79.5 Å². The SMILES string of the molecule is CCN(Cc1ccc(OCCNCC(C)C)cc1)c1cc(OC)ccc1C1CCc2cc(O)ccc2C1. The second-order valence-electron chi connectivity index (χ2n) is 10.4. The molecule has 0 amide bonds. The Bertz CT molecular complexity index is 1140. The molecule has 5 nitrogen and oxygen atoms in total. The molecular formula is C32H42N2O3. The fraction of sp³-hybridized carbons (Fsp3) is 0.438. The third-order valence-corrected chi connectivity index (χ3v) is 7.22. The normalized spacial score (nSPS) is 14.9. The third kappa shape index (κ3) is 7.20. The molecule has 37 heavy (non-hydrogen) atoms. The van der Waals surface area contributed by atoms with Crippen molar-refractivity contribution in [3.8, 4) is 17.2 Å². The molecule has 0 bridgehead atoms. The molecule has 0 fully saturated rings. The predicted octanol–water partition coefficient (Wildman–Crippen LogP) is 6.32. The number of fused-ring (bicyclic) bond motifs is 1. The first-order chi connectivity index (χ1) is 18.0. The Kier molecular flexibility index (Phi) is 9.34. The van der Waals surface area contributed by atoms with Crippen LogP contribution in [0.25, 0.3) is 0 Å². The Labute approximate surface area is 222 Å². The molecule has 2 N–H and O–H groups in total. The van der Waals surface area contributed by atoms with Crippen LogP contribution in [0.3, 0.4) is 0 Å². The Morgan fingerprint density at radius 2 is 1.78 bits per heavy atom. The molecule has 198 valence electrons. The number of ether oxygens (including phenoxy) is 2. The van der Waals surface area contributed by atoms with E-state index >= 15 is 0 Å². The fourth-order valence-corrected chi connectivity index (χ4v) is 5.19. The minimum atomic E-state index is 0.360. The van der Waals surface area contributed by atoms with Crippen LogP contribution < -0.4 is 19.7 Å². The zero-order valence-corrected chi connectivity index (χ0v) is 22.8. The van der Waals surface area contributed by atoms with Crippen molar-refractivity contribution >= 4 is 5.69 Å². The van der Waals surface area contributed by atoms with Crippen LogP contribution in [0.2, 0.25) is 0 Å². The number of nitrogens with zero attached hydrogens (tertiary/aromatic N) is 1. The highest BCUT2D eigenvalue weighted by Gasteiger charge is 2.24. The number of rotatable bonds is 12. The topological polar surface area (TPSA) is 54.0 Å². The summed E-state index contributed by atoms with van der Waals surface area (Å²) in [6.07, 6.45) is 3.05. The lowest BCUT2D eigenvalue weighted by Crippen LogP contribution is -2.25. The van der Waals surface area contributed by atoms with Crippen molar-refractivity contribution in [1.29, 1.82) is 0 Å². The fourth-order valence-electron chi connectivity index (χ4n) is 5.19. The molecule has 0 spiro atoms. The molecule has 0 aliphatic heterocycles. The van der Waals surface area contributed by atoms with E-state index in [0.717, 1.165) is 56.9 Å². The van der Waals surface area contributed by atoms with E-state index in [1.54, 1.807) is 7.11 Å². The van der Waals surface area contributed by atoms with Crippen molar-refractivity contribution in [1.82, 2.24) is 5.32 Å². The predicted molar refractivity (Wildman–Crippen MR) is 152 cm³/mol. The van der Waals surface area contributed by atoms with Crippen molar-refractivity contribution in [3.05, 3.63) is 82.9 Å². The van der Waals surface area contributed by atoms with Gasteiger partial charge in [-0.3, -0.25) is 0 Å². The Morgan fingerprint density at radius 1 is 1.00 bits per heavy atom. The summed E-state index contributed by atoms with van der Waals surface area (Å²) in [6, 6.07) is 20.8. The Balaban J connectivity index is 1.46. The van der Waals surface area contributed by atoms with Crippen LogP contribution in [0.4, 0.5) is 5.69 Å². The van der Waals surface area contributed by atoms with Crippen LogP contribution in [0.15, 0.2) is 60.7 Å². The first-order valence-electron chi connectivity index (χ1n) is 13.6. The maximum atomic E-state index is 9.89. The van der Waals surface area contributed by atoms with Crippen molar-refractivity contribution in [2.45, 2.75) is 52.5 Å². The second-order valence-corrected chi connectivity index (χ2v) is 10.4. The van der Waals surface area contributed by atoms with Crippen LogP contribution in [-0.4, -0.2) is 38.5 Å². The number of phenols is 1. The van der Waals surface area contributed by atoms with Crippen LogP contribution in [0.1, 0.15) is 55.4 Å². The highest BCUT2D eigenvalue weighted by molar-refractivity contribution is 5.60. The number of aryl methyl sites for hydroxylation is 1. The first-order valence-corrected chi connectivity index (χ1v) is 13.6. The van der Waals surface area contributed by atoms with Gasteiger partial charge in [-0.2, -0.15) is 0 Å². The lowest BCUT2D eigenvalue weighted by Gasteiger charge is -2.32. The summed E-state index contributed by atoms with van der Waals surface area (Å²) >= 11 is 0. The van der Waals surface area contributed by atoms with E-state index in [1.165, 1.54) is 27.9 Å². The molecule has 0 saturated heterocycles. The van der Waals surface area contributed by atoms with Crippen molar-refractivity contribution in [2.75, 3.05) is 38.3 Å². The highest BCUT2D eigenvalue weighted by Crippen LogP contribution is 2.40. The number of anilines is 1. The monoisotopic (exact) mass is 502 g/mol. The van der Waals surface area contributed by atoms with Gasteiger partial charge in [-0.15, -0.1) is 0 Å². The summed E-state index contributed by atoms with van der Waals surface area (Å²) in [7, 11) is 1.73. The summed E-state index contributed by atoms with van der Waals surface area (Å²) in [4.78, 5) is 2.44. The molecule has 0 radical (unpaired) electrons. The van der Waals surface area contributed by atoms with Gasteiger partial charge in [0.15, 0.2) is 0 Å². The van der Waals surface area contributed by atoms with E-state index < -0.39 is 0 Å². The lowest BCUT2D eigenvalue weighted by molar-refractivity contribution is 0.311. The summed E-state index contributed by atoms with van der Waals surface area (Å²) in [6.45, 7) is 10.9. The minimum absolute atomic E-state index is 0.360. The van der Waals surface area contributed by atoms with Gasteiger partial charge < -0.3 is 24.8 Å². The maximum absolute atomic E-state index is 9.89. The molecule has 3 aromatic carbocycles. The largest absolute Gasteiger partial charge is 0.508 e. The van der Waals surface area contributed by atoms with Gasteiger partial charge in [0.25, 0.3) is 0 Å². The van der Waals surface area contributed by atoms with Gasteiger partial charge in [0.05, 0.1) is 7.11 Å². The summed E-state index contributed by atoms with van der Waals surface area (Å²) in [5.41, 5.74) is 6.48. The average Bonchev–Trinajstić information content (AvgIpc) is 2.91. The van der Waals surface area contributed by atoms with E-state index in [-0.39, 0.29) is 0 Å². The van der Waals surface area contributed by atoms with E-state index in [1.807, 2.05) is 12.1 Å².